The van der Waals surface area contributed by atoms with Gasteiger partial charge in [0.2, 0.25) is 0 Å². The molecule has 2 amide bonds. The molecule has 1 fully saturated rings. The Morgan fingerprint density at radius 3 is 2.41 bits per heavy atom. The lowest BCUT2D eigenvalue weighted by Crippen LogP contribution is -2.37. The van der Waals surface area contributed by atoms with Crippen LogP contribution in [0.3, 0.4) is 0 Å². The van der Waals surface area contributed by atoms with Crippen molar-refractivity contribution in [2.75, 3.05) is 37.8 Å². The average Bonchev–Trinajstić information content (AvgIpc) is 2.82. The van der Waals surface area contributed by atoms with Gasteiger partial charge >= 0.3 is 12.6 Å². The van der Waals surface area contributed by atoms with Gasteiger partial charge in [0, 0.05) is 30.8 Å². The summed E-state index contributed by atoms with van der Waals surface area (Å²) in [5.74, 6) is -2.96. The predicted molar refractivity (Wildman–Crippen MR) is 112 cm³/mol. The number of amides is 2. The molecule has 1 aliphatic heterocycles. The third kappa shape index (κ3) is 6.45. The summed E-state index contributed by atoms with van der Waals surface area (Å²) in [6, 6.07) is 8.32. The number of carbonyl (C=O) groups is 3. The molecule has 0 saturated carbocycles. The molecular formula is C21H19F2N3O8. The fourth-order valence-corrected chi connectivity index (χ4v) is 3.11. The number of benzene rings is 2. The molecule has 1 saturated heterocycles. The third-order valence-electron chi connectivity index (χ3n) is 4.69. The maximum atomic E-state index is 12.6. The summed E-state index contributed by atoms with van der Waals surface area (Å²) in [5, 5.41) is 13.1. The molecule has 13 heteroatoms. The number of halogens is 2. The highest BCUT2D eigenvalue weighted by molar-refractivity contribution is 6.06. The fraction of sp³-hybridized carbons (Fsp3) is 0.286. The number of nitrogens with zero attached hydrogens (tertiary/aromatic N) is 2. The van der Waals surface area contributed by atoms with Crippen molar-refractivity contribution in [2.45, 2.75) is 6.61 Å². The van der Waals surface area contributed by atoms with Crippen LogP contribution >= 0.6 is 0 Å². The van der Waals surface area contributed by atoms with Crippen molar-refractivity contribution in [3.63, 3.8) is 0 Å². The predicted octanol–water partition coefficient (Wildman–Crippen LogP) is 2.15. The Bertz CT molecular complexity index is 1070. The van der Waals surface area contributed by atoms with Gasteiger partial charge in [0.15, 0.2) is 6.61 Å². The summed E-state index contributed by atoms with van der Waals surface area (Å²) in [4.78, 5) is 49.1. The largest absolute Gasteiger partial charge is 0.452 e. The van der Waals surface area contributed by atoms with Crippen molar-refractivity contribution in [2.24, 2.45) is 0 Å². The quantitative estimate of drug-likeness (QED) is 0.343. The number of imide groups is 1. The van der Waals surface area contributed by atoms with Crippen LogP contribution in [0.15, 0.2) is 42.5 Å². The molecule has 3 rings (SSSR count). The second-order valence-corrected chi connectivity index (χ2v) is 6.91. The molecule has 0 radical (unpaired) electrons. The van der Waals surface area contributed by atoms with E-state index < -0.39 is 35.9 Å². The molecule has 2 aromatic carbocycles. The number of nitro groups is 1. The Labute approximate surface area is 191 Å². The highest BCUT2D eigenvalue weighted by Crippen LogP contribution is 2.27. The first-order chi connectivity index (χ1) is 16.2. The van der Waals surface area contributed by atoms with E-state index in [4.69, 9.17) is 9.47 Å². The number of nitrogens with one attached hydrogen (secondary N) is 1. The van der Waals surface area contributed by atoms with E-state index in [0.717, 1.165) is 18.2 Å². The molecular weight excluding hydrogens is 460 g/mol. The van der Waals surface area contributed by atoms with Crippen LogP contribution in [0.5, 0.6) is 5.75 Å². The van der Waals surface area contributed by atoms with Gasteiger partial charge in [0.25, 0.3) is 17.5 Å². The maximum Gasteiger partial charge on any atom is 0.387 e. The lowest BCUT2D eigenvalue weighted by Gasteiger charge is -2.30. The number of carbonyl (C=O) groups excluding carboxylic acids is 3. The molecule has 11 nitrogen and oxygen atoms in total. The standard InChI is InChI=1S/C21H19F2N3O8/c22-21(23)34-15-4-1-13(2-5-15)19(28)24-18(27)12-33-20(29)16-11-14(26(30)31)3-6-17(16)25-7-9-32-10-8-25/h1-6,11,21H,7-10,12H2,(H,24,27,28). The van der Waals surface area contributed by atoms with Crippen molar-refractivity contribution >= 4 is 29.2 Å². The van der Waals surface area contributed by atoms with Crippen LogP contribution in [0.25, 0.3) is 0 Å². The highest BCUT2D eigenvalue weighted by Gasteiger charge is 2.24. The first-order valence-corrected chi connectivity index (χ1v) is 9.92. The van der Waals surface area contributed by atoms with Gasteiger partial charge in [-0.3, -0.25) is 25.0 Å². The Morgan fingerprint density at radius 2 is 1.79 bits per heavy atom. The van der Waals surface area contributed by atoms with Crippen LogP contribution < -0.4 is 15.0 Å². The number of ether oxygens (including phenoxy) is 3. The lowest BCUT2D eigenvalue weighted by atomic mass is 10.1. The molecule has 0 aromatic heterocycles. The molecule has 0 spiro atoms. The molecule has 1 aliphatic rings. The smallest absolute Gasteiger partial charge is 0.387 e. The zero-order chi connectivity index (χ0) is 24.7. The number of hydrogen-bond donors (Lipinski definition) is 1. The Kier molecular flexibility index (Phi) is 8.03. The molecule has 2 aromatic rings. The van der Waals surface area contributed by atoms with E-state index in [0.29, 0.717) is 32.0 Å². The topological polar surface area (TPSA) is 137 Å². The van der Waals surface area contributed by atoms with Crippen molar-refractivity contribution in [3.8, 4) is 5.75 Å². The van der Waals surface area contributed by atoms with E-state index in [9.17, 15) is 33.3 Å². The minimum atomic E-state index is -3.02. The third-order valence-corrected chi connectivity index (χ3v) is 4.69. The SMILES string of the molecule is O=C(COC(=O)c1cc([N+](=O)[O-])ccc1N1CCOCC1)NC(=O)c1ccc(OC(F)F)cc1. The molecule has 0 atom stereocenters. The van der Waals surface area contributed by atoms with Gasteiger partial charge in [-0.1, -0.05) is 0 Å². The molecule has 0 bridgehead atoms. The summed E-state index contributed by atoms with van der Waals surface area (Å²) in [6.07, 6.45) is 0. The molecule has 34 heavy (non-hydrogen) atoms. The van der Waals surface area contributed by atoms with Gasteiger partial charge in [-0.15, -0.1) is 0 Å². The number of morpholine rings is 1. The summed E-state index contributed by atoms with van der Waals surface area (Å²) in [6.45, 7) is -2.13. The second-order valence-electron chi connectivity index (χ2n) is 6.91. The second kappa shape index (κ2) is 11.1. The maximum absolute atomic E-state index is 12.6. The molecule has 180 valence electrons. The van der Waals surface area contributed by atoms with E-state index >= 15 is 0 Å². The summed E-state index contributed by atoms with van der Waals surface area (Å²) in [5.41, 5.74) is -0.0660. The normalized spacial score (nSPS) is 13.3. The number of hydrogen-bond acceptors (Lipinski definition) is 9. The van der Waals surface area contributed by atoms with Crippen LogP contribution in [0.2, 0.25) is 0 Å². The number of alkyl halides is 2. The van der Waals surface area contributed by atoms with E-state index in [-0.39, 0.29) is 22.6 Å². The Morgan fingerprint density at radius 1 is 1.12 bits per heavy atom. The summed E-state index contributed by atoms with van der Waals surface area (Å²) >= 11 is 0. The van der Waals surface area contributed by atoms with E-state index in [1.807, 2.05) is 5.32 Å². The zero-order valence-corrected chi connectivity index (χ0v) is 17.6. The van der Waals surface area contributed by atoms with E-state index in [2.05, 4.69) is 4.74 Å². The lowest BCUT2D eigenvalue weighted by molar-refractivity contribution is -0.384. The number of non-ortho nitro benzene ring substituents is 1. The Balaban J connectivity index is 1.63. The minimum Gasteiger partial charge on any atom is -0.452 e. The zero-order valence-electron chi connectivity index (χ0n) is 17.6. The van der Waals surface area contributed by atoms with Crippen molar-refractivity contribution in [1.82, 2.24) is 5.32 Å². The molecule has 1 N–H and O–H groups in total. The Hall–Kier alpha value is -4.13. The fourth-order valence-electron chi connectivity index (χ4n) is 3.11. The van der Waals surface area contributed by atoms with Crippen molar-refractivity contribution < 1.29 is 42.3 Å². The monoisotopic (exact) mass is 479 g/mol. The van der Waals surface area contributed by atoms with Gasteiger partial charge in [-0.05, 0) is 30.3 Å². The molecule has 1 heterocycles. The first kappa shape index (κ1) is 24.5. The number of anilines is 1. The minimum absolute atomic E-state index is 0.0189. The van der Waals surface area contributed by atoms with Crippen LogP contribution in [0.1, 0.15) is 20.7 Å². The van der Waals surface area contributed by atoms with Crippen molar-refractivity contribution in [1.29, 1.82) is 0 Å². The molecule has 0 aliphatic carbocycles. The highest BCUT2D eigenvalue weighted by atomic mass is 19.3. The van der Waals surface area contributed by atoms with Gasteiger partial charge < -0.3 is 19.1 Å². The number of esters is 1. The van der Waals surface area contributed by atoms with Gasteiger partial charge in [0.1, 0.15) is 5.75 Å². The van der Waals surface area contributed by atoms with Gasteiger partial charge in [-0.25, -0.2) is 4.79 Å². The van der Waals surface area contributed by atoms with E-state index in [1.54, 1.807) is 4.90 Å². The number of nitro benzene ring substituents is 1. The van der Waals surface area contributed by atoms with Crippen LogP contribution in [-0.2, 0) is 14.3 Å². The number of rotatable bonds is 8. The van der Waals surface area contributed by atoms with E-state index in [1.165, 1.54) is 24.3 Å². The summed E-state index contributed by atoms with van der Waals surface area (Å²) in [7, 11) is 0. The van der Waals surface area contributed by atoms with Gasteiger partial charge in [0.05, 0.1) is 29.4 Å². The van der Waals surface area contributed by atoms with Crippen LogP contribution in [-0.4, -0.2) is 62.2 Å². The van der Waals surface area contributed by atoms with Gasteiger partial charge in [-0.2, -0.15) is 8.78 Å². The summed E-state index contributed by atoms with van der Waals surface area (Å²) < 4.78 is 38.8. The van der Waals surface area contributed by atoms with Crippen LogP contribution in [0.4, 0.5) is 20.2 Å². The molecule has 0 unspecified atom stereocenters. The average molecular weight is 479 g/mol. The van der Waals surface area contributed by atoms with Crippen LogP contribution in [0, 0.1) is 10.1 Å². The first-order valence-electron chi connectivity index (χ1n) is 9.92. The van der Waals surface area contributed by atoms with Crippen molar-refractivity contribution in [3.05, 3.63) is 63.7 Å².